The van der Waals surface area contributed by atoms with E-state index in [1.54, 1.807) is 6.07 Å². The predicted octanol–water partition coefficient (Wildman–Crippen LogP) is 5.33. The quantitative estimate of drug-likeness (QED) is 0.507. The third kappa shape index (κ3) is 3.41. The molecular formula is C15H10BrIN2O2S. The summed E-state index contributed by atoms with van der Waals surface area (Å²) in [5, 5.41) is 5.23. The second-order valence-corrected chi connectivity index (χ2v) is 7.46. The Labute approximate surface area is 153 Å². The fourth-order valence-corrected chi connectivity index (χ4v) is 3.49. The van der Waals surface area contributed by atoms with Gasteiger partial charge in [0.2, 0.25) is 0 Å². The highest BCUT2D eigenvalue weighted by atomic mass is 127. The number of halogens is 2. The number of nitrogens with one attached hydrogen (secondary N) is 1. The molecule has 0 unspecified atom stereocenters. The van der Waals surface area contributed by atoms with Gasteiger partial charge in [0.05, 0.1) is 5.56 Å². The van der Waals surface area contributed by atoms with Crippen LogP contribution < -0.4 is 5.32 Å². The topological polar surface area (TPSA) is 55.1 Å². The van der Waals surface area contributed by atoms with Crippen LogP contribution in [-0.4, -0.2) is 10.9 Å². The van der Waals surface area contributed by atoms with Crippen LogP contribution >= 0.6 is 49.9 Å². The first-order chi connectivity index (χ1) is 10.5. The Morgan fingerprint density at radius 3 is 2.91 bits per heavy atom. The van der Waals surface area contributed by atoms with Crippen molar-refractivity contribution in [3.8, 4) is 11.5 Å². The van der Waals surface area contributed by atoms with Crippen molar-refractivity contribution in [2.24, 2.45) is 0 Å². The molecule has 0 saturated heterocycles. The Balaban J connectivity index is 1.80. The van der Waals surface area contributed by atoms with E-state index in [9.17, 15) is 4.79 Å². The molecule has 7 heteroatoms. The zero-order valence-corrected chi connectivity index (χ0v) is 16.0. The molecule has 3 aromatic rings. The van der Waals surface area contributed by atoms with Gasteiger partial charge < -0.3 is 4.42 Å². The molecular weight excluding hydrogens is 479 g/mol. The van der Waals surface area contributed by atoms with E-state index in [0.717, 1.165) is 19.5 Å². The van der Waals surface area contributed by atoms with Crippen molar-refractivity contribution in [3.63, 3.8) is 0 Å². The number of carbonyl (C=O) groups is 1. The molecule has 2 heterocycles. The van der Waals surface area contributed by atoms with Crippen LogP contribution in [0.1, 0.15) is 16.1 Å². The first kappa shape index (κ1) is 15.7. The monoisotopic (exact) mass is 488 g/mol. The Kier molecular flexibility index (Phi) is 4.65. The van der Waals surface area contributed by atoms with Gasteiger partial charge in [0.1, 0.15) is 11.5 Å². The minimum absolute atomic E-state index is 0.178. The second-order valence-electron chi connectivity index (χ2n) is 4.53. The number of rotatable bonds is 3. The molecule has 0 aliphatic rings. The summed E-state index contributed by atoms with van der Waals surface area (Å²) in [6, 6.07) is 9.34. The van der Waals surface area contributed by atoms with Gasteiger partial charge in [0, 0.05) is 13.4 Å². The van der Waals surface area contributed by atoms with Crippen LogP contribution in [0, 0.1) is 10.5 Å². The maximum absolute atomic E-state index is 12.3. The standard InChI is InChI=1S/C15H10BrIN2O2S/c1-8-2-5-13(21-8)12-7-22-15(18-12)19-14(20)10-6-9(16)3-4-11(10)17/h2-7H,1H3,(H,18,19,20). The van der Waals surface area contributed by atoms with Crippen molar-refractivity contribution in [3.05, 3.63) is 55.1 Å². The molecule has 0 bridgehead atoms. The van der Waals surface area contributed by atoms with Crippen LogP contribution in [0.2, 0.25) is 0 Å². The number of benzene rings is 1. The number of amides is 1. The predicted molar refractivity (Wildman–Crippen MR) is 99.4 cm³/mol. The lowest BCUT2D eigenvalue weighted by Gasteiger charge is -2.04. The summed E-state index contributed by atoms with van der Waals surface area (Å²) in [5.74, 6) is 1.35. The minimum Gasteiger partial charge on any atom is -0.460 e. The zero-order valence-electron chi connectivity index (χ0n) is 11.4. The lowest BCUT2D eigenvalue weighted by Crippen LogP contribution is -2.13. The first-order valence-electron chi connectivity index (χ1n) is 6.31. The van der Waals surface area contributed by atoms with E-state index in [1.165, 1.54) is 11.3 Å². The second kappa shape index (κ2) is 6.51. The van der Waals surface area contributed by atoms with E-state index in [0.29, 0.717) is 16.5 Å². The number of hydrogen-bond acceptors (Lipinski definition) is 4. The fraction of sp³-hybridized carbons (Fsp3) is 0.0667. The van der Waals surface area contributed by atoms with Gasteiger partial charge in [-0.2, -0.15) is 0 Å². The largest absolute Gasteiger partial charge is 0.460 e. The molecule has 1 N–H and O–H groups in total. The van der Waals surface area contributed by atoms with E-state index >= 15 is 0 Å². The third-order valence-electron chi connectivity index (χ3n) is 2.89. The third-order valence-corrected chi connectivity index (χ3v) is 5.08. The number of aryl methyl sites for hydroxylation is 1. The number of hydrogen-bond donors (Lipinski definition) is 1. The molecule has 0 aliphatic carbocycles. The van der Waals surface area contributed by atoms with E-state index in [2.05, 4.69) is 48.8 Å². The first-order valence-corrected chi connectivity index (χ1v) is 9.07. The summed E-state index contributed by atoms with van der Waals surface area (Å²) in [5.41, 5.74) is 1.33. The van der Waals surface area contributed by atoms with Crippen LogP contribution in [0.4, 0.5) is 5.13 Å². The van der Waals surface area contributed by atoms with Gasteiger partial charge in [-0.3, -0.25) is 10.1 Å². The van der Waals surface area contributed by atoms with E-state index in [1.807, 2.05) is 36.6 Å². The fourth-order valence-electron chi connectivity index (χ4n) is 1.85. The molecule has 0 atom stereocenters. The lowest BCUT2D eigenvalue weighted by atomic mass is 10.2. The summed E-state index contributed by atoms with van der Waals surface area (Å²) in [4.78, 5) is 16.7. The van der Waals surface area contributed by atoms with Crippen molar-refractivity contribution in [2.75, 3.05) is 5.32 Å². The average molecular weight is 489 g/mol. The van der Waals surface area contributed by atoms with Gasteiger partial charge in [0.15, 0.2) is 10.9 Å². The molecule has 3 rings (SSSR count). The summed E-state index contributed by atoms with van der Waals surface area (Å²) in [6.45, 7) is 1.88. The van der Waals surface area contributed by atoms with E-state index < -0.39 is 0 Å². The van der Waals surface area contributed by atoms with Crippen molar-refractivity contribution in [1.29, 1.82) is 0 Å². The summed E-state index contributed by atoms with van der Waals surface area (Å²) in [7, 11) is 0. The molecule has 1 amide bonds. The molecule has 4 nitrogen and oxygen atoms in total. The van der Waals surface area contributed by atoms with Gasteiger partial charge in [-0.1, -0.05) is 15.9 Å². The molecule has 2 aromatic heterocycles. The maximum Gasteiger partial charge on any atom is 0.258 e. The molecule has 112 valence electrons. The van der Waals surface area contributed by atoms with E-state index in [4.69, 9.17) is 4.42 Å². The highest BCUT2D eigenvalue weighted by molar-refractivity contribution is 14.1. The average Bonchev–Trinajstić information content (AvgIpc) is 3.10. The molecule has 0 saturated carbocycles. The van der Waals surface area contributed by atoms with Gasteiger partial charge in [0.25, 0.3) is 5.91 Å². The van der Waals surface area contributed by atoms with Gasteiger partial charge >= 0.3 is 0 Å². The van der Waals surface area contributed by atoms with Crippen molar-refractivity contribution in [1.82, 2.24) is 4.98 Å². The van der Waals surface area contributed by atoms with Crippen LogP contribution in [0.3, 0.4) is 0 Å². The summed E-state index contributed by atoms with van der Waals surface area (Å²) < 4.78 is 7.28. The molecule has 0 spiro atoms. The minimum atomic E-state index is -0.178. The number of anilines is 1. The molecule has 0 radical (unpaired) electrons. The Morgan fingerprint density at radius 1 is 1.36 bits per heavy atom. The van der Waals surface area contributed by atoms with Crippen LogP contribution in [0.15, 0.2) is 44.6 Å². The van der Waals surface area contributed by atoms with Crippen molar-refractivity contribution < 1.29 is 9.21 Å². The summed E-state index contributed by atoms with van der Waals surface area (Å²) >= 11 is 6.89. The normalized spacial score (nSPS) is 10.7. The molecule has 22 heavy (non-hydrogen) atoms. The lowest BCUT2D eigenvalue weighted by molar-refractivity contribution is 0.102. The summed E-state index contributed by atoms with van der Waals surface area (Å²) in [6.07, 6.45) is 0. The van der Waals surface area contributed by atoms with E-state index in [-0.39, 0.29) is 5.91 Å². The Morgan fingerprint density at radius 2 is 2.18 bits per heavy atom. The van der Waals surface area contributed by atoms with Crippen LogP contribution in [0.25, 0.3) is 11.5 Å². The maximum atomic E-state index is 12.3. The van der Waals surface area contributed by atoms with Gasteiger partial charge in [-0.15, -0.1) is 11.3 Å². The van der Waals surface area contributed by atoms with Crippen LogP contribution in [0.5, 0.6) is 0 Å². The highest BCUT2D eigenvalue weighted by Crippen LogP contribution is 2.27. The molecule has 0 fully saturated rings. The molecule has 0 aliphatic heterocycles. The van der Waals surface area contributed by atoms with Crippen LogP contribution in [-0.2, 0) is 0 Å². The van der Waals surface area contributed by atoms with Crippen molar-refractivity contribution in [2.45, 2.75) is 6.92 Å². The Hall–Kier alpha value is -1.19. The van der Waals surface area contributed by atoms with Crippen molar-refractivity contribution >= 4 is 60.9 Å². The molecule has 1 aromatic carbocycles. The number of nitrogens with zero attached hydrogens (tertiary/aromatic N) is 1. The zero-order chi connectivity index (χ0) is 15.7. The highest BCUT2D eigenvalue weighted by Gasteiger charge is 2.14. The SMILES string of the molecule is Cc1ccc(-c2csc(NC(=O)c3cc(Br)ccc3I)n2)o1. The number of aromatic nitrogens is 1. The van der Waals surface area contributed by atoms with Gasteiger partial charge in [-0.05, 0) is 59.8 Å². The number of furan rings is 1. The van der Waals surface area contributed by atoms with Gasteiger partial charge in [-0.25, -0.2) is 4.98 Å². The smallest absolute Gasteiger partial charge is 0.258 e. The Bertz CT molecular complexity index is 844. The number of carbonyl (C=O) groups excluding carboxylic acids is 1. The number of thiazole rings is 1.